The van der Waals surface area contributed by atoms with Crippen molar-refractivity contribution in [2.24, 2.45) is 17.2 Å². The Labute approximate surface area is 95.5 Å². The van der Waals surface area contributed by atoms with Gasteiger partial charge in [-0.05, 0) is 25.7 Å². The van der Waals surface area contributed by atoms with Crippen molar-refractivity contribution in [2.75, 3.05) is 7.11 Å². The molecule has 6 nitrogen and oxygen atoms in total. The van der Waals surface area contributed by atoms with E-state index in [4.69, 9.17) is 17.2 Å². The van der Waals surface area contributed by atoms with Crippen LogP contribution in [0.3, 0.4) is 0 Å². The second-order valence-corrected chi connectivity index (χ2v) is 4.17. The van der Waals surface area contributed by atoms with Gasteiger partial charge in [-0.15, -0.1) is 0 Å². The molecule has 0 atom stereocenters. The Morgan fingerprint density at radius 3 is 1.50 bits per heavy atom. The Hall–Kier alpha value is -1.14. The summed E-state index contributed by atoms with van der Waals surface area (Å²) in [4.78, 5) is 20.7. The second-order valence-electron chi connectivity index (χ2n) is 4.17. The van der Waals surface area contributed by atoms with E-state index in [2.05, 4.69) is 4.74 Å². The Balaban J connectivity index is 0.000000267. The number of carbonyl (C=O) groups is 2. The number of esters is 1. The Morgan fingerprint density at radius 1 is 1.06 bits per heavy atom. The summed E-state index contributed by atoms with van der Waals surface area (Å²) in [6, 6.07) is 0. The molecule has 0 radical (unpaired) electrons. The van der Waals surface area contributed by atoms with E-state index in [0.29, 0.717) is 0 Å². The molecule has 94 valence electrons. The maximum Gasteiger partial charge on any atom is 0.325 e. The summed E-state index contributed by atoms with van der Waals surface area (Å²) in [6.45, 7) is 0. The van der Waals surface area contributed by atoms with Crippen molar-refractivity contribution in [3.63, 3.8) is 0 Å². The molecule has 1 amide bonds. The monoisotopic (exact) mass is 231 g/mol. The zero-order valence-electron chi connectivity index (χ0n) is 8.79. The summed E-state index contributed by atoms with van der Waals surface area (Å²) in [5.74, 6) is -0.648. The highest BCUT2D eigenvalue weighted by molar-refractivity contribution is 5.87. The van der Waals surface area contributed by atoms with Crippen molar-refractivity contribution in [1.29, 1.82) is 0 Å². The molecule has 2 aliphatic carbocycles. The van der Waals surface area contributed by atoms with Gasteiger partial charge in [0.1, 0.15) is 5.54 Å². The van der Waals surface area contributed by atoms with E-state index in [1.54, 1.807) is 0 Å². The lowest BCUT2D eigenvalue weighted by molar-refractivity contribution is -0.143. The van der Waals surface area contributed by atoms with Crippen molar-refractivity contribution in [1.82, 2.24) is 0 Å². The van der Waals surface area contributed by atoms with Gasteiger partial charge in [-0.1, -0.05) is 7.43 Å². The highest BCUT2D eigenvalue weighted by Crippen LogP contribution is 2.32. The summed E-state index contributed by atoms with van der Waals surface area (Å²) in [6.07, 6.45) is 3.09. The normalized spacial score (nSPS) is 21.7. The molecule has 0 unspecified atom stereocenters. The zero-order chi connectivity index (χ0) is 11.7. The van der Waals surface area contributed by atoms with Gasteiger partial charge < -0.3 is 21.9 Å². The third kappa shape index (κ3) is 3.46. The third-order valence-corrected chi connectivity index (χ3v) is 2.66. The predicted molar refractivity (Wildman–Crippen MR) is 60.2 cm³/mol. The van der Waals surface area contributed by atoms with Crippen LogP contribution in [0.25, 0.3) is 0 Å². The highest BCUT2D eigenvalue weighted by atomic mass is 16.5. The molecular formula is C10H21N3O3. The van der Waals surface area contributed by atoms with E-state index in [1.165, 1.54) is 7.11 Å². The van der Waals surface area contributed by atoms with Crippen LogP contribution in [0.5, 0.6) is 0 Å². The molecule has 0 aromatic carbocycles. The fraction of sp³-hybridized carbons (Fsp3) is 0.800. The quantitative estimate of drug-likeness (QED) is 0.540. The molecule has 0 saturated heterocycles. The minimum atomic E-state index is -0.611. The van der Waals surface area contributed by atoms with Gasteiger partial charge in [0, 0.05) is 0 Å². The van der Waals surface area contributed by atoms with Gasteiger partial charge in [-0.2, -0.15) is 0 Å². The molecule has 2 rings (SSSR count). The molecule has 2 saturated carbocycles. The first-order valence-corrected chi connectivity index (χ1v) is 4.80. The first-order chi connectivity index (χ1) is 6.84. The van der Waals surface area contributed by atoms with Crippen molar-refractivity contribution >= 4 is 11.9 Å². The first kappa shape index (κ1) is 14.9. The van der Waals surface area contributed by atoms with Gasteiger partial charge in [0.25, 0.3) is 0 Å². The van der Waals surface area contributed by atoms with E-state index >= 15 is 0 Å². The summed E-state index contributed by atoms with van der Waals surface area (Å²) in [5, 5.41) is 0. The van der Waals surface area contributed by atoms with Gasteiger partial charge in [-0.3, -0.25) is 9.59 Å². The number of rotatable bonds is 2. The maximum atomic E-state index is 10.5. The van der Waals surface area contributed by atoms with E-state index in [1.807, 2.05) is 0 Å². The summed E-state index contributed by atoms with van der Waals surface area (Å²) in [7, 11) is 1.36. The fourth-order valence-electron chi connectivity index (χ4n) is 0.923. The lowest BCUT2D eigenvalue weighted by Crippen LogP contribution is -2.38. The van der Waals surface area contributed by atoms with Crippen molar-refractivity contribution < 1.29 is 14.3 Å². The second kappa shape index (κ2) is 4.80. The summed E-state index contributed by atoms with van der Waals surface area (Å²) in [5.41, 5.74) is 14.4. The van der Waals surface area contributed by atoms with Crippen LogP contribution < -0.4 is 17.2 Å². The number of hydrogen-bond acceptors (Lipinski definition) is 5. The molecule has 0 aromatic heterocycles. The van der Waals surface area contributed by atoms with Gasteiger partial charge in [0.05, 0.1) is 12.6 Å². The van der Waals surface area contributed by atoms with Crippen molar-refractivity contribution in [3.8, 4) is 0 Å². The minimum Gasteiger partial charge on any atom is -0.468 e. The molecule has 0 bridgehead atoms. The zero-order valence-corrected chi connectivity index (χ0v) is 8.79. The lowest BCUT2D eigenvalue weighted by atomic mass is 10.3. The average molecular weight is 231 g/mol. The third-order valence-electron chi connectivity index (χ3n) is 2.66. The van der Waals surface area contributed by atoms with E-state index in [0.717, 1.165) is 25.7 Å². The predicted octanol–water partition coefficient (Wildman–Crippen LogP) is -0.750. The Morgan fingerprint density at radius 2 is 1.44 bits per heavy atom. The molecule has 0 heterocycles. The number of methoxy groups -OCH3 is 1. The topological polar surface area (TPSA) is 121 Å². The average Bonchev–Trinajstić information content (AvgIpc) is 3.07. The van der Waals surface area contributed by atoms with E-state index < -0.39 is 11.1 Å². The van der Waals surface area contributed by atoms with Gasteiger partial charge >= 0.3 is 5.97 Å². The van der Waals surface area contributed by atoms with Gasteiger partial charge in [0.15, 0.2) is 0 Å². The molecule has 0 aromatic rings. The van der Waals surface area contributed by atoms with E-state index in [-0.39, 0.29) is 19.3 Å². The SMILES string of the molecule is C.COC(=O)C1(N)CC1.NC(=O)C1(N)CC1. The van der Waals surface area contributed by atoms with Crippen LogP contribution in [0, 0.1) is 0 Å². The highest BCUT2D eigenvalue weighted by Gasteiger charge is 2.47. The smallest absolute Gasteiger partial charge is 0.325 e. The number of amides is 1. The number of hydrogen-bond donors (Lipinski definition) is 3. The molecule has 6 N–H and O–H groups in total. The van der Waals surface area contributed by atoms with Crippen LogP contribution in [0.1, 0.15) is 33.1 Å². The van der Waals surface area contributed by atoms with E-state index in [9.17, 15) is 9.59 Å². The first-order valence-electron chi connectivity index (χ1n) is 4.80. The van der Waals surface area contributed by atoms with Crippen LogP contribution >= 0.6 is 0 Å². The lowest BCUT2D eigenvalue weighted by Gasteiger charge is -2.02. The molecule has 16 heavy (non-hydrogen) atoms. The molecule has 0 aliphatic heterocycles. The Bertz CT molecular complexity index is 283. The van der Waals surface area contributed by atoms with Gasteiger partial charge in [-0.25, -0.2) is 0 Å². The molecule has 2 aliphatic rings. The fourth-order valence-corrected chi connectivity index (χ4v) is 0.923. The number of ether oxygens (including phenoxy) is 1. The summed E-state index contributed by atoms with van der Waals surface area (Å²) >= 11 is 0. The Kier molecular flexibility index (Phi) is 4.45. The number of carbonyl (C=O) groups excluding carboxylic acids is 2. The largest absolute Gasteiger partial charge is 0.468 e. The number of primary amides is 1. The van der Waals surface area contributed by atoms with Crippen LogP contribution in [0.2, 0.25) is 0 Å². The molecule has 0 spiro atoms. The van der Waals surface area contributed by atoms with Crippen LogP contribution in [0.15, 0.2) is 0 Å². The minimum absolute atomic E-state index is 0. The number of nitrogens with two attached hydrogens (primary N) is 3. The van der Waals surface area contributed by atoms with Crippen molar-refractivity contribution in [3.05, 3.63) is 0 Å². The molecule has 2 fully saturated rings. The van der Waals surface area contributed by atoms with Crippen LogP contribution in [0.4, 0.5) is 0 Å². The van der Waals surface area contributed by atoms with Crippen LogP contribution in [-0.2, 0) is 14.3 Å². The van der Waals surface area contributed by atoms with Crippen LogP contribution in [-0.4, -0.2) is 30.1 Å². The van der Waals surface area contributed by atoms with Crippen molar-refractivity contribution in [2.45, 2.75) is 44.2 Å². The molecule has 6 heteroatoms. The maximum absolute atomic E-state index is 10.5. The van der Waals surface area contributed by atoms with Gasteiger partial charge in [0.2, 0.25) is 5.91 Å². The molecular weight excluding hydrogens is 210 g/mol. The summed E-state index contributed by atoms with van der Waals surface area (Å²) < 4.78 is 4.41. The standard InChI is InChI=1S/C5H9NO2.C4H8N2O.CH4/c1-8-4(7)5(6)2-3-5;5-3(7)4(6)1-2-4;/h2-3,6H2,1H3;1-2,6H2,(H2,5,7);1H4.